The molecule has 0 aromatic rings. The fourth-order valence-electron chi connectivity index (χ4n) is 2.48. The van der Waals surface area contributed by atoms with Gasteiger partial charge in [0.05, 0.1) is 0 Å². The third-order valence-corrected chi connectivity index (χ3v) is 3.84. The highest BCUT2D eigenvalue weighted by Gasteiger charge is 2.27. The summed E-state index contributed by atoms with van der Waals surface area (Å²) >= 11 is 0. The van der Waals surface area contributed by atoms with Crippen molar-refractivity contribution in [2.45, 2.75) is 78.3 Å². The number of carbonyl (C=O) groups is 1. The summed E-state index contributed by atoms with van der Waals surface area (Å²) in [5.74, 6) is 0.227. The monoisotopic (exact) mass is 254 g/mol. The summed E-state index contributed by atoms with van der Waals surface area (Å²) in [7, 11) is 0. The van der Waals surface area contributed by atoms with E-state index in [2.05, 4.69) is 38.3 Å². The van der Waals surface area contributed by atoms with Gasteiger partial charge in [0, 0.05) is 18.5 Å². The highest BCUT2D eigenvalue weighted by molar-refractivity contribution is 5.76. The number of rotatable bonds is 6. The van der Waals surface area contributed by atoms with Gasteiger partial charge in [-0.05, 0) is 44.1 Å². The summed E-state index contributed by atoms with van der Waals surface area (Å²) in [4.78, 5) is 11.8. The zero-order valence-corrected chi connectivity index (χ0v) is 12.5. The van der Waals surface area contributed by atoms with Crippen LogP contribution in [0.1, 0.15) is 66.2 Å². The average molecular weight is 254 g/mol. The fourth-order valence-corrected chi connectivity index (χ4v) is 2.48. The molecule has 0 spiro atoms. The van der Waals surface area contributed by atoms with Crippen molar-refractivity contribution in [2.75, 3.05) is 6.54 Å². The van der Waals surface area contributed by atoms with Crippen LogP contribution in [0.5, 0.6) is 0 Å². The van der Waals surface area contributed by atoms with E-state index in [-0.39, 0.29) is 5.91 Å². The van der Waals surface area contributed by atoms with Gasteiger partial charge in [-0.1, -0.05) is 27.7 Å². The molecule has 2 N–H and O–H groups in total. The molecular formula is C15H30N2O. The molecule has 0 atom stereocenters. The molecule has 1 rings (SSSR count). The molecule has 0 saturated heterocycles. The number of nitrogens with one attached hydrogen (secondary N) is 2. The normalized spacial score (nSPS) is 20.1. The van der Waals surface area contributed by atoms with E-state index in [0.29, 0.717) is 23.9 Å². The smallest absolute Gasteiger partial charge is 0.220 e. The molecule has 1 amide bonds. The summed E-state index contributed by atoms with van der Waals surface area (Å²) in [6.07, 6.45) is 6.33. The van der Waals surface area contributed by atoms with E-state index in [1.807, 2.05) is 0 Å². The molecule has 0 aliphatic heterocycles. The quantitative estimate of drug-likeness (QED) is 0.716. The van der Waals surface area contributed by atoms with Crippen molar-refractivity contribution in [3.8, 4) is 0 Å². The SMILES string of the molecule is CC(C)NCCCC(=O)NC1CCC(C)(C)CC1. The standard InChI is InChI=1S/C15H30N2O/c1-12(2)16-11-5-6-14(18)17-13-7-9-15(3,4)10-8-13/h12-13,16H,5-11H2,1-4H3,(H,17,18). The summed E-state index contributed by atoms with van der Waals surface area (Å²) in [5, 5.41) is 6.51. The van der Waals surface area contributed by atoms with Crippen LogP contribution in [-0.2, 0) is 4.79 Å². The second kappa shape index (κ2) is 7.13. The molecule has 0 radical (unpaired) electrons. The van der Waals surface area contributed by atoms with Gasteiger partial charge in [-0.3, -0.25) is 4.79 Å². The maximum atomic E-state index is 11.8. The molecule has 0 bridgehead atoms. The molecule has 3 nitrogen and oxygen atoms in total. The zero-order valence-electron chi connectivity index (χ0n) is 12.5. The van der Waals surface area contributed by atoms with E-state index in [1.54, 1.807) is 0 Å². The Balaban J connectivity index is 2.10. The lowest BCUT2D eigenvalue weighted by Gasteiger charge is -2.34. The van der Waals surface area contributed by atoms with Crippen LogP contribution in [-0.4, -0.2) is 24.5 Å². The van der Waals surface area contributed by atoms with Crippen LogP contribution >= 0.6 is 0 Å². The van der Waals surface area contributed by atoms with E-state index >= 15 is 0 Å². The Morgan fingerprint density at radius 2 is 1.89 bits per heavy atom. The van der Waals surface area contributed by atoms with Crippen LogP contribution in [0.2, 0.25) is 0 Å². The number of carbonyl (C=O) groups excluding carboxylic acids is 1. The summed E-state index contributed by atoms with van der Waals surface area (Å²) in [6, 6.07) is 0.928. The molecule has 106 valence electrons. The molecule has 1 saturated carbocycles. The fraction of sp³-hybridized carbons (Fsp3) is 0.933. The first-order chi connectivity index (χ1) is 8.39. The second-order valence-corrected chi connectivity index (χ2v) is 6.72. The predicted octanol–water partition coefficient (Wildman–Crippen LogP) is 2.85. The minimum absolute atomic E-state index is 0.227. The highest BCUT2D eigenvalue weighted by atomic mass is 16.1. The van der Waals surface area contributed by atoms with E-state index in [4.69, 9.17) is 0 Å². The molecule has 0 aromatic heterocycles. The topological polar surface area (TPSA) is 41.1 Å². The second-order valence-electron chi connectivity index (χ2n) is 6.72. The van der Waals surface area contributed by atoms with Crippen molar-refractivity contribution < 1.29 is 4.79 Å². The molecule has 3 heteroatoms. The summed E-state index contributed by atoms with van der Waals surface area (Å²) in [5.41, 5.74) is 0.475. The molecular weight excluding hydrogens is 224 g/mol. The lowest BCUT2D eigenvalue weighted by Crippen LogP contribution is -2.39. The minimum Gasteiger partial charge on any atom is -0.353 e. The van der Waals surface area contributed by atoms with Gasteiger partial charge in [-0.2, -0.15) is 0 Å². The Morgan fingerprint density at radius 3 is 2.44 bits per heavy atom. The highest BCUT2D eigenvalue weighted by Crippen LogP contribution is 2.34. The summed E-state index contributed by atoms with van der Waals surface area (Å²) in [6.45, 7) is 9.84. The van der Waals surface area contributed by atoms with Crippen molar-refractivity contribution >= 4 is 5.91 Å². The molecule has 18 heavy (non-hydrogen) atoms. The van der Waals surface area contributed by atoms with Gasteiger partial charge < -0.3 is 10.6 Å². The van der Waals surface area contributed by atoms with Crippen LogP contribution in [0.15, 0.2) is 0 Å². The first-order valence-electron chi connectivity index (χ1n) is 7.42. The van der Waals surface area contributed by atoms with Gasteiger partial charge in [0.15, 0.2) is 0 Å². The zero-order chi connectivity index (χ0) is 13.6. The van der Waals surface area contributed by atoms with E-state index < -0.39 is 0 Å². The number of hydrogen-bond acceptors (Lipinski definition) is 2. The molecule has 1 aliphatic rings. The van der Waals surface area contributed by atoms with Gasteiger partial charge in [-0.25, -0.2) is 0 Å². The lowest BCUT2D eigenvalue weighted by molar-refractivity contribution is -0.122. The molecule has 0 heterocycles. The van der Waals surface area contributed by atoms with Crippen molar-refractivity contribution in [3.05, 3.63) is 0 Å². The van der Waals surface area contributed by atoms with Gasteiger partial charge in [-0.15, -0.1) is 0 Å². The van der Waals surface area contributed by atoms with Crippen molar-refractivity contribution in [1.29, 1.82) is 0 Å². The third kappa shape index (κ3) is 6.39. The van der Waals surface area contributed by atoms with E-state index in [0.717, 1.165) is 25.8 Å². The maximum absolute atomic E-state index is 11.8. The number of hydrogen-bond donors (Lipinski definition) is 2. The Bertz CT molecular complexity index is 251. The molecule has 0 unspecified atom stereocenters. The minimum atomic E-state index is 0.227. The first-order valence-corrected chi connectivity index (χ1v) is 7.42. The maximum Gasteiger partial charge on any atom is 0.220 e. The van der Waals surface area contributed by atoms with Gasteiger partial charge in [0.25, 0.3) is 0 Å². The van der Waals surface area contributed by atoms with Crippen LogP contribution in [0.25, 0.3) is 0 Å². The molecule has 1 aliphatic carbocycles. The van der Waals surface area contributed by atoms with E-state index in [9.17, 15) is 4.79 Å². The van der Waals surface area contributed by atoms with Gasteiger partial charge in [0.1, 0.15) is 0 Å². The Hall–Kier alpha value is -0.570. The van der Waals surface area contributed by atoms with Gasteiger partial charge in [0.2, 0.25) is 5.91 Å². The van der Waals surface area contributed by atoms with Crippen LogP contribution < -0.4 is 10.6 Å². The molecule has 0 aromatic carbocycles. The Kier molecular flexibility index (Phi) is 6.13. The first kappa shape index (κ1) is 15.5. The Labute approximate surface area is 112 Å². The van der Waals surface area contributed by atoms with E-state index in [1.165, 1.54) is 12.8 Å². The van der Waals surface area contributed by atoms with Crippen LogP contribution in [0.3, 0.4) is 0 Å². The Morgan fingerprint density at radius 1 is 1.28 bits per heavy atom. The largest absolute Gasteiger partial charge is 0.353 e. The van der Waals surface area contributed by atoms with Gasteiger partial charge >= 0.3 is 0 Å². The number of amides is 1. The predicted molar refractivity (Wildman–Crippen MR) is 76.6 cm³/mol. The summed E-state index contributed by atoms with van der Waals surface area (Å²) < 4.78 is 0. The van der Waals surface area contributed by atoms with Crippen LogP contribution in [0, 0.1) is 5.41 Å². The average Bonchev–Trinajstić information content (AvgIpc) is 2.27. The van der Waals surface area contributed by atoms with Crippen LogP contribution in [0.4, 0.5) is 0 Å². The van der Waals surface area contributed by atoms with Crippen molar-refractivity contribution in [1.82, 2.24) is 10.6 Å². The lowest BCUT2D eigenvalue weighted by atomic mass is 9.75. The molecule has 1 fully saturated rings. The van der Waals surface area contributed by atoms with Crippen molar-refractivity contribution in [3.63, 3.8) is 0 Å². The van der Waals surface area contributed by atoms with Crippen molar-refractivity contribution in [2.24, 2.45) is 5.41 Å². The third-order valence-electron chi connectivity index (χ3n) is 3.84.